The molecule has 136 valence electrons. The van der Waals surface area contributed by atoms with Crippen molar-refractivity contribution in [3.8, 4) is 17.0 Å². The maximum atomic E-state index is 11.5. The van der Waals surface area contributed by atoms with Gasteiger partial charge in [0.15, 0.2) is 0 Å². The predicted octanol–water partition coefficient (Wildman–Crippen LogP) is 2.59. The van der Waals surface area contributed by atoms with Crippen molar-refractivity contribution in [2.75, 3.05) is 19.5 Å². The van der Waals surface area contributed by atoms with Crippen molar-refractivity contribution in [2.24, 2.45) is 0 Å². The summed E-state index contributed by atoms with van der Waals surface area (Å²) >= 11 is 1.62. The number of sulfonamides is 1. The van der Waals surface area contributed by atoms with Crippen LogP contribution in [0.5, 0.6) is 5.75 Å². The highest BCUT2D eigenvalue weighted by Gasteiger charge is 2.28. The second-order valence-electron chi connectivity index (χ2n) is 6.14. The summed E-state index contributed by atoms with van der Waals surface area (Å²) in [5.74, 6) is 0.725. The number of aromatic nitrogens is 1. The minimum absolute atomic E-state index is 0.249. The Bertz CT molecular complexity index is 802. The summed E-state index contributed by atoms with van der Waals surface area (Å²) in [6.45, 7) is 2.91. The largest absolute Gasteiger partial charge is 0.491 e. The van der Waals surface area contributed by atoms with Crippen molar-refractivity contribution >= 4 is 21.4 Å². The molecule has 1 aromatic heterocycles. The van der Waals surface area contributed by atoms with E-state index in [1.165, 1.54) is 6.26 Å². The highest BCUT2D eigenvalue weighted by molar-refractivity contribution is 7.88. The van der Waals surface area contributed by atoms with E-state index in [2.05, 4.69) is 9.71 Å². The molecule has 1 N–H and O–H groups in total. The topological polar surface area (TPSA) is 77.5 Å². The number of hydrogen-bond acceptors (Lipinski definition) is 6. The highest BCUT2D eigenvalue weighted by atomic mass is 32.2. The summed E-state index contributed by atoms with van der Waals surface area (Å²) < 4.78 is 37.1. The molecule has 6 nitrogen and oxygen atoms in total. The zero-order chi connectivity index (χ0) is 17.9. The van der Waals surface area contributed by atoms with Gasteiger partial charge in [-0.15, -0.1) is 11.3 Å². The molecule has 2 heterocycles. The minimum Gasteiger partial charge on any atom is -0.491 e. The van der Waals surface area contributed by atoms with Gasteiger partial charge in [0.25, 0.3) is 0 Å². The fourth-order valence-electron chi connectivity index (χ4n) is 2.81. The molecule has 1 saturated heterocycles. The number of benzene rings is 1. The van der Waals surface area contributed by atoms with Gasteiger partial charge in [0.1, 0.15) is 18.5 Å². The fourth-order valence-corrected chi connectivity index (χ4v) is 4.25. The van der Waals surface area contributed by atoms with Crippen LogP contribution >= 0.6 is 11.3 Å². The van der Waals surface area contributed by atoms with Gasteiger partial charge in [-0.3, -0.25) is 0 Å². The molecule has 2 unspecified atom stereocenters. The van der Waals surface area contributed by atoms with E-state index in [0.29, 0.717) is 13.2 Å². The van der Waals surface area contributed by atoms with Gasteiger partial charge >= 0.3 is 0 Å². The molecule has 1 aliphatic rings. The molecule has 0 radical (unpaired) electrons. The maximum Gasteiger partial charge on any atom is 0.209 e. The van der Waals surface area contributed by atoms with Crippen molar-refractivity contribution in [2.45, 2.75) is 31.9 Å². The lowest BCUT2D eigenvalue weighted by Crippen LogP contribution is -2.49. The monoisotopic (exact) mass is 382 g/mol. The van der Waals surface area contributed by atoms with Crippen molar-refractivity contribution in [1.82, 2.24) is 9.71 Å². The van der Waals surface area contributed by atoms with E-state index < -0.39 is 10.0 Å². The Balaban J connectivity index is 1.60. The number of nitrogens with zero attached hydrogens (tertiary/aromatic N) is 1. The first kappa shape index (κ1) is 18.3. The summed E-state index contributed by atoms with van der Waals surface area (Å²) in [4.78, 5) is 4.47. The first-order chi connectivity index (χ1) is 11.9. The molecule has 2 atom stereocenters. The highest BCUT2D eigenvalue weighted by Crippen LogP contribution is 2.24. The zero-order valence-corrected chi connectivity index (χ0v) is 15.9. The molecule has 8 heteroatoms. The van der Waals surface area contributed by atoms with E-state index in [0.717, 1.165) is 34.9 Å². The van der Waals surface area contributed by atoms with Crippen LogP contribution in [0.3, 0.4) is 0 Å². The van der Waals surface area contributed by atoms with Gasteiger partial charge < -0.3 is 9.47 Å². The number of rotatable bonds is 6. The molecule has 1 aromatic carbocycles. The summed E-state index contributed by atoms with van der Waals surface area (Å²) in [5.41, 5.74) is 2.00. The molecule has 0 bridgehead atoms. The third kappa shape index (κ3) is 5.24. The molecule has 1 aliphatic heterocycles. The van der Waals surface area contributed by atoms with Crippen molar-refractivity contribution in [3.05, 3.63) is 34.7 Å². The van der Waals surface area contributed by atoms with Gasteiger partial charge in [0, 0.05) is 17.6 Å². The second kappa shape index (κ2) is 7.82. The van der Waals surface area contributed by atoms with Crippen molar-refractivity contribution in [1.29, 1.82) is 0 Å². The Hall–Kier alpha value is -1.48. The third-order valence-corrected chi connectivity index (χ3v) is 5.49. The Morgan fingerprint density at radius 3 is 2.76 bits per heavy atom. The number of nitrogens with one attached hydrogen (secondary N) is 1. The SMILES string of the molecule is Cc1nc(-c2ccc(OCC3OCCCC3NS(C)(=O)=O)cc2)cs1. The van der Waals surface area contributed by atoms with Crippen LogP contribution < -0.4 is 9.46 Å². The van der Waals surface area contributed by atoms with Gasteiger partial charge in [0.05, 0.1) is 23.0 Å². The van der Waals surface area contributed by atoms with Crippen LogP contribution in [0, 0.1) is 6.92 Å². The van der Waals surface area contributed by atoms with Crippen LogP contribution in [0.2, 0.25) is 0 Å². The Labute approximate surface area is 152 Å². The van der Waals surface area contributed by atoms with E-state index in [9.17, 15) is 8.42 Å². The Morgan fingerprint density at radius 1 is 1.36 bits per heavy atom. The molecule has 1 fully saturated rings. The molecule has 0 spiro atoms. The van der Waals surface area contributed by atoms with Gasteiger partial charge in [-0.05, 0) is 44.0 Å². The number of aryl methyl sites for hydroxylation is 1. The number of thiazole rings is 1. The van der Waals surface area contributed by atoms with Gasteiger partial charge in [-0.1, -0.05) is 0 Å². The molecule has 0 aliphatic carbocycles. The van der Waals surface area contributed by atoms with E-state index in [4.69, 9.17) is 9.47 Å². The molecular formula is C17H22N2O4S2. The quantitative estimate of drug-likeness (QED) is 0.831. The smallest absolute Gasteiger partial charge is 0.209 e. The lowest BCUT2D eigenvalue weighted by molar-refractivity contribution is -0.0278. The number of ether oxygens (including phenoxy) is 2. The van der Waals surface area contributed by atoms with E-state index in [1.54, 1.807) is 11.3 Å². The van der Waals surface area contributed by atoms with E-state index >= 15 is 0 Å². The second-order valence-corrected chi connectivity index (χ2v) is 8.98. The summed E-state index contributed by atoms with van der Waals surface area (Å²) in [7, 11) is -3.27. The molecule has 3 rings (SSSR count). The molecule has 2 aromatic rings. The molecule has 0 amide bonds. The average Bonchev–Trinajstić information content (AvgIpc) is 3.00. The first-order valence-corrected chi connectivity index (χ1v) is 10.9. The first-order valence-electron chi connectivity index (χ1n) is 8.15. The average molecular weight is 383 g/mol. The third-order valence-electron chi connectivity index (χ3n) is 3.99. The summed E-state index contributed by atoms with van der Waals surface area (Å²) in [6.07, 6.45) is 2.47. The zero-order valence-electron chi connectivity index (χ0n) is 14.3. The maximum absolute atomic E-state index is 11.5. The minimum atomic E-state index is -3.27. The Kier molecular flexibility index (Phi) is 5.73. The molecular weight excluding hydrogens is 360 g/mol. The summed E-state index contributed by atoms with van der Waals surface area (Å²) in [5, 5.41) is 3.07. The van der Waals surface area contributed by atoms with Gasteiger partial charge in [-0.2, -0.15) is 0 Å². The lowest BCUT2D eigenvalue weighted by atomic mass is 10.0. The van der Waals surface area contributed by atoms with Gasteiger partial charge in [-0.25, -0.2) is 18.1 Å². The van der Waals surface area contributed by atoms with Crippen LogP contribution in [0.1, 0.15) is 17.8 Å². The van der Waals surface area contributed by atoms with Crippen LogP contribution in [0.4, 0.5) is 0 Å². The van der Waals surface area contributed by atoms with Crippen LogP contribution in [0.15, 0.2) is 29.6 Å². The normalized spacial score (nSPS) is 21.2. The van der Waals surface area contributed by atoms with Crippen LogP contribution in [-0.4, -0.2) is 45.0 Å². The number of hydrogen-bond donors (Lipinski definition) is 1. The van der Waals surface area contributed by atoms with Gasteiger partial charge in [0.2, 0.25) is 10.0 Å². The Morgan fingerprint density at radius 2 is 2.12 bits per heavy atom. The predicted molar refractivity (Wildman–Crippen MR) is 98.5 cm³/mol. The fraction of sp³-hybridized carbons (Fsp3) is 0.471. The standard InChI is InChI=1S/C17H22N2O4S2/c1-12-18-16(11-24-12)13-5-7-14(8-6-13)23-10-17-15(4-3-9-22-17)19-25(2,20)21/h5-8,11,15,17,19H,3-4,9-10H2,1-2H3. The van der Waals surface area contributed by atoms with E-state index in [-0.39, 0.29) is 12.1 Å². The van der Waals surface area contributed by atoms with E-state index in [1.807, 2.05) is 36.6 Å². The summed E-state index contributed by atoms with van der Waals surface area (Å²) in [6, 6.07) is 7.48. The van der Waals surface area contributed by atoms with Crippen molar-refractivity contribution < 1.29 is 17.9 Å². The lowest BCUT2D eigenvalue weighted by Gasteiger charge is -2.31. The van der Waals surface area contributed by atoms with Crippen molar-refractivity contribution in [3.63, 3.8) is 0 Å². The molecule has 0 saturated carbocycles. The molecule has 25 heavy (non-hydrogen) atoms. The van der Waals surface area contributed by atoms with Crippen LogP contribution in [0.25, 0.3) is 11.3 Å². The van der Waals surface area contributed by atoms with Crippen LogP contribution in [-0.2, 0) is 14.8 Å².